The van der Waals surface area contributed by atoms with Crippen LogP contribution in [0.2, 0.25) is 0 Å². The number of halogens is 1. The Labute approximate surface area is 94.8 Å². The highest BCUT2D eigenvalue weighted by Crippen LogP contribution is 2.16. The van der Waals surface area contributed by atoms with Gasteiger partial charge in [0.15, 0.2) is 6.61 Å². The maximum atomic E-state index is 13.2. The Morgan fingerprint density at radius 1 is 1.44 bits per heavy atom. The van der Waals surface area contributed by atoms with Crippen molar-refractivity contribution in [1.29, 1.82) is 5.26 Å². The van der Waals surface area contributed by atoms with Gasteiger partial charge >= 0.3 is 0 Å². The van der Waals surface area contributed by atoms with Crippen molar-refractivity contribution in [2.45, 2.75) is 19.9 Å². The van der Waals surface area contributed by atoms with Gasteiger partial charge in [0, 0.05) is 12.6 Å². The summed E-state index contributed by atoms with van der Waals surface area (Å²) < 4.78 is 18.2. The molecule has 1 N–H and O–H groups in total. The molecule has 0 aliphatic heterocycles. The highest BCUT2D eigenvalue weighted by Gasteiger charge is 2.01. The zero-order valence-electron chi connectivity index (χ0n) is 9.29. The SMILES string of the molecule is CCCNCc1cc(F)cc(OCC#N)c1. The summed E-state index contributed by atoms with van der Waals surface area (Å²) in [7, 11) is 0. The summed E-state index contributed by atoms with van der Waals surface area (Å²) in [5.74, 6) is 0.0542. The average Bonchev–Trinajstić information content (AvgIpc) is 2.26. The van der Waals surface area contributed by atoms with E-state index in [0.717, 1.165) is 18.5 Å². The van der Waals surface area contributed by atoms with Gasteiger partial charge in [-0.25, -0.2) is 4.39 Å². The third kappa shape index (κ3) is 4.28. The molecule has 0 amide bonds. The summed E-state index contributed by atoms with van der Waals surface area (Å²) in [6.45, 7) is 3.50. The molecule has 0 heterocycles. The molecule has 0 saturated carbocycles. The number of rotatable bonds is 6. The number of nitrogens with one attached hydrogen (secondary N) is 1. The molecule has 0 unspecified atom stereocenters. The molecule has 86 valence electrons. The van der Waals surface area contributed by atoms with Crippen molar-refractivity contribution in [3.63, 3.8) is 0 Å². The first kappa shape index (κ1) is 12.5. The predicted molar refractivity (Wildman–Crippen MR) is 59.5 cm³/mol. The zero-order valence-corrected chi connectivity index (χ0v) is 9.29. The van der Waals surface area contributed by atoms with Crippen molar-refractivity contribution in [2.75, 3.05) is 13.2 Å². The first-order chi connectivity index (χ1) is 7.76. The fourth-order valence-corrected chi connectivity index (χ4v) is 1.33. The Bertz CT molecular complexity index is 374. The molecule has 3 nitrogen and oxygen atoms in total. The molecule has 0 aromatic heterocycles. The second-order valence-electron chi connectivity index (χ2n) is 3.42. The minimum atomic E-state index is -0.344. The van der Waals surface area contributed by atoms with Crippen LogP contribution in [-0.4, -0.2) is 13.2 Å². The summed E-state index contributed by atoms with van der Waals surface area (Å²) in [4.78, 5) is 0. The molecule has 0 fully saturated rings. The van der Waals surface area contributed by atoms with Crippen LogP contribution in [0.4, 0.5) is 4.39 Å². The lowest BCUT2D eigenvalue weighted by molar-refractivity contribution is 0.365. The molecule has 4 heteroatoms. The summed E-state index contributed by atoms with van der Waals surface area (Å²) >= 11 is 0. The van der Waals surface area contributed by atoms with Crippen LogP contribution in [0.5, 0.6) is 5.75 Å². The number of nitriles is 1. The Morgan fingerprint density at radius 3 is 2.94 bits per heavy atom. The van der Waals surface area contributed by atoms with Crippen molar-refractivity contribution >= 4 is 0 Å². The van der Waals surface area contributed by atoms with Crippen LogP contribution < -0.4 is 10.1 Å². The molecular formula is C12H15FN2O. The van der Waals surface area contributed by atoms with Crippen molar-refractivity contribution in [1.82, 2.24) is 5.32 Å². The summed E-state index contributed by atoms with van der Waals surface area (Å²) in [5, 5.41) is 11.5. The molecule has 0 aliphatic rings. The third-order valence-corrected chi connectivity index (χ3v) is 1.99. The third-order valence-electron chi connectivity index (χ3n) is 1.99. The number of nitrogens with zero attached hydrogens (tertiary/aromatic N) is 1. The normalized spacial score (nSPS) is 9.81. The first-order valence-corrected chi connectivity index (χ1v) is 5.26. The van der Waals surface area contributed by atoms with E-state index >= 15 is 0 Å². The Balaban J connectivity index is 2.62. The highest BCUT2D eigenvalue weighted by atomic mass is 19.1. The van der Waals surface area contributed by atoms with E-state index in [0.29, 0.717) is 12.3 Å². The van der Waals surface area contributed by atoms with Gasteiger partial charge in [-0.15, -0.1) is 0 Å². The van der Waals surface area contributed by atoms with Gasteiger partial charge in [0.25, 0.3) is 0 Å². The Hall–Kier alpha value is -1.60. The molecule has 0 radical (unpaired) electrons. The van der Waals surface area contributed by atoms with Crippen LogP contribution >= 0.6 is 0 Å². The van der Waals surface area contributed by atoms with Gasteiger partial charge in [0.1, 0.15) is 17.6 Å². The van der Waals surface area contributed by atoms with E-state index in [1.807, 2.05) is 6.07 Å². The summed E-state index contributed by atoms with van der Waals surface area (Å²) in [6.07, 6.45) is 1.03. The Morgan fingerprint density at radius 2 is 2.25 bits per heavy atom. The van der Waals surface area contributed by atoms with Crippen molar-refractivity contribution < 1.29 is 9.13 Å². The van der Waals surface area contributed by atoms with E-state index in [1.54, 1.807) is 6.07 Å². The van der Waals surface area contributed by atoms with Gasteiger partial charge in [-0.3, -0.25) is 0 Å². The predicted octanol–water partition coefficient (Wildman–Crippen LogP) is 2.23. The number of hydrogen-bond acceptors (Lipinski definition) is 3. The topological polar surface area (TPSA) is 45.0 Å². The van der Waals surface area contributed by atoms with E-state index in [-0.39, 0.29) is 12.4 Å². The van der Waals surface area contributed by atoms with Gasteiger partial charge in [-0.1, -0.05) is 6.92 Å². The number of ether oxygens (including phenoxy) is 1. The van der Waals surface area contributed by atoms with Gasteiger partial charge in [0.05, 0.1) is 0 Å². The van der Waals surface area contributed by atoms with Crippen LogP contribution in [0.15, 0.2) is 18.2 Å². The maximum Gasteiger partial charge on any atom is 0.174 e. The first-order valence-electron chi connectivity index (χ1n) is 5.26. The number of hydrogen-bond donors (Lipinski definition) is 1. The van der Waals surface area contributed by atoms with Crippen LogP contribution in [0.3, 0.4) is 0 Å². The molecule has 0 atom stereocenters. The summed E-state index contributed by atoms with van der Waals surface area (Å²) in [5.41, 5.74) is 0.821. The molecule has 0 spiro atoms. The van der Waals surface area contributed by atoms with E-state index in [2.05, 4.69) is 12.2 Å². The van der Waals surface area contributed by atoms with Gasteiger partial charge < -0.3 is 10.1 Å². The standard InChI is InChI=1S/C12H15FN2O/c1-2-4-15-9-10-6-11(13)8-12(7-10)16-5-3-14/h6-8,15H,2,4-5,9H2,1H3. The molecule has 0 bridgehead atoms. The van der Waals surface area contributed by atoms with E-state index < -0.39 is 0 Å². The molecule has 16 heavy (non-hydrogen) atoms. The van der Waals surface area contributed by atoms with E-state index in [9.17, 15) is 4.39 Å². The summed E-state index contributed by atoms with van der Waals surface area (Å²) in [6, 6.07) is 6.32. The van der Waals surface area contributed by atoms with Crippen molar-refractivity contribution in [3.05, 3.63) is 29.6 Å². The molecule has 0 saturated heterocycles. The fraction of sp³-hybridized carbons (Fsp3) is 0.417. The number of benzene rings is 1. The van der Waals surface area contributed by atoms with Crippen LogP contribution in [0.1, 0.15) is 18.9 Å². The minimum absolute atomic E-state index is 0.0642. The quantitative estimate of drug-likeness (QED) is 0.751. The monoisotopic (exact) mass is 222 g/mol. The molecule has 0 aliphatic carbocycles. The maximum absolute atomic E-state index is 13.2. The van der Waals surface area contributed by atoms with Crippen LogP contribution in [0, 0.1) is 17.1 Å². The smallest absolute Gasteiger partial charge is 0.174 e. The van der Waals surface area contributed by atoms with Gasteiger partial charge in [0.2, 0.25) is 0 Å². The van der Waals surface area contributed by atoms with Gasteiger partial charge in [-0.05, 0) is 30.7 Å². The average molecular weight is 222 g/mol. The highest BCUT2D eigenvalue weighted by molar-refractivity contribution is 5.29. The molecule has 1 aromatic carbocycles. The van der Waals surface area contributed by atoms with Crippen LogP contribution in [-0.2, 0) is 6.54 Å². The fourth-order valence-electron chi connectivity index (χ4n) is 1.33. The van der Waals surface area contributed by atoms with Crippen molar-refractivity contribution in [2.24, 2.45) is 0 Å². The van der Waals surface area contributed by atoms with Crippen LogP contribution in [0.25, 0.3) is 0 Å². The minimum Gasteiger partial charge on any atom is -0.479 e. The second kappa shape index (κ2) is 6.81. The second-order valence-corrected chi connectivity index (χ2v) is 3.42. The van der Waals surface area contributed by atoms with Crippen molar-refractivity contribution in [3.8, 4) is 11.8 Å². The zero-order chi connectivity index (χ0) is 11.8. The van der Waals surface area contributed by atoms with E-state index in [4.69, 9.17) is 10.00 Å². The van der Waals surface area contributed by atoms with E-state index in [1.165, 1.54) is 12.1 Å². The largest absolute Gasteiger partial charge is 0.479 e. The Kier molecular flexibility index (Phi) is 5.30. The lowest BCUT2D eigenvalue weighted by Gasteiger charge is -2.07. The molecular weight excluding hydrogens is 207 g/mol. The van der Waals surface area contributed by atoms with Gasteiger partial charge in [-0.2, -0.15) is 5.26 Å². The lowest BCUT2D eigenvalue weighted by atomic mass is 10.2. The molecule has 1 aromatic rings. The lowest BCUT2D eigenvalue weighted by Crippen LogP contribution is -2.14. The molecule has 1 rings (SSSR count).